The molecule has 8 heteroatoms. The number of rotatable bonds is 6. The summed E-state index contributed by atoms with van der Waals surface area (Å²) in [6.07, 6.45) is 7.38. The van der Waals surface area contributed by atoms with Crippen molar-refractivity contribution < 1.29 is 9.53 Å². The monoisotopic (exact) mass is 416 g/mol. The number of aryl methyl sites for hydroxylation is 2. The van der Waals surface area contributed by atoms with Crippen molar-refractivity contribution in [1.82, 2.24) is 29.2 Å². The van der Waals surface area contributed by atoms with Crippen LogP contribution in [0.25, 0.3) is 38.8 Å². The second-order valence-electron chi connectivity index (χ2n) is 7.73. The molecular formula is C23H24N6O2. The molecule has 0 spiro atoms. The van der Waals surface area contributed by atoms with Gasteiger partial charge in [0.15, 0.2) is 5.65 Å². The van der Waals surface area contributed by atoms with Crippen molar-refractivity contribution in [2.24, 2.45) is 7.05 Å². The Morgan fingerprint density at radius 3 is 2.84 bits per heavy atom. The van der Waals surface area contributed by atoms with Gasteiger partial charge in [-0.3, -0.25) is 9.20 Å². The van der Waals surface area contributed by atoms with Gasteiger partial charge in [0.25, 0.3) is 0 Å². The number of benzene rings is 1. The normalized spacial score (nSPS) is 11.6. The number of aromatic amines is 1. The SMILES string of the molecule is COc1ccc2c(c1)c(-c1cc3c(ncc4cnc(CCCNC(C)=O)n43)[nH]1)cn2C. The largest absolute Gasteiger partial charge is 0.497 e. The molecule has 0 radical (unpaired) electrons. The molecule has 5 aromatic rings. The lowest BCUT2D eigenvalue weighted by Gasteiger charge is -2.03. The van der Waals surface area contributed by atoms with E-state index in [2.05, 4.69) is 53.6 Å². The fourth-order valence-corrected chi connectivity index (χ4v) is 4.15. The van der Waals surface area contributed by atoms with Crippen molar-refractivity contribution in [2.75, 3.05) is 13.7 Å². The predicted molar refractivity (Wildman–Crippen MR) is 120 cm³/mol. The van der Waals surface area contributed by atoms with Gasteiger partial charge in [-0.15, -0.1) is 0 Å². The zero-order valence-corrected chi connectivity index (χ0v) is 17.8. The molecule has 0 bridgehead atoms. The van der Waals surface area contributed by atoms with Crippen molar-refractivity contribution in [3.8, 4) is 17.0 Å². The van der Waals surface area contributed by atoms with Crippen molar-refractivity contribution >= 4 is 33.5 Å². The number of methoxy groups -OCH3 is 1. The van der Waals surface area contributed by atoms with E-state index in [0.29, 0.717) is 6.54 Å². The fourth-order valence-electron chi connectivity index (χ4n) is 4.15. The highest BCUT2D eigenvalue weighted by molar-refractivity contribution is 5.98. The molecule has 31 heavy (non-hydrogen) atoms. The van der Waals surface area contributed by atoms with Crippen LogP contribution in [-0.4, -0.2) is 43.5 Å². The summed E-state index contributed by atoms with van der Waals surface area (Å²) in [5.41, 5.74) is 5.96. The summed E-state index contributed by atoms with van der Waals surface area (Å²) >= 11 is 0. The molecule has 5 rings (SSSR count). The summed E-state index contributed by atoms with van der Waals surface area (Å²) < 4.78 is 9.69. The van der Waals surface area contributed by atoms with E-state index in [1.54, 1.807) is 7.11 Å². The Labute approximate surface area is 178 Å². The average Bonchev–Trinajstić information content (AvgIpc) is 3.45. The van der Waals surface area contributed by atoms with Crippen LogP contribution in [0.2, 0.25) is 0 Å². The number of ether oxygens (including phenoxy) is 1. The molecule has 0 saturated heterocycles. The van der Waals surface area contributed by atoms with E-state index < -0.39 is 0 Å². The van der Waals surface area contributed by atoms with Gasteiger partial charge in [-0.05, 0) is 30.7 Å². The van der Waals surface area contributed by atoms with Crippen molar-refractivity contribution in [3.05, 3.63) is 48.7 Å². The quantitative estimate of drug-likeness (QED) is 0.415. The Bertz CT molecular complexity index is 1420. The first kappa shape index (κ1) is 19.2. The van der Waals surface area contributed by atoms with Gasteiger partial charge in [-0.25, -0.2) is 9.97 Å². The van der Waals surface area contributed by atoms with Crippen LogP contribution in [0.4, 0.5) is 0 Å². The summed E-state index contributed by atoms with van der Waals surface area (Å²) in [5.74, 6) is 1.77. The number of hydrogen-bond acceptors (Lipinski definition) is 4. The van der Waals surface area contributed by atoms with Gasteiger partial charge in [0.1, 0.15) is 11.6 Å². The maximum absolute atomic E-state index is 11.1. The van der Waals surface area contributed by atoms with Crippen LogP contribution in [0.1, 0.15) is 19.2 Å². The van der Waals surface area contributed by atoms with Crippen LogP contribution in [0.5, 0.6) is 5.75 Å². The summed E-state index contributed by atoms with van der Waals surface area (Å²) in [4.78, 5) is 23.8. The fraction of sp³-hybridized carbons (Fsp3) is 0.261. The molecule has 0 aliphatic heterocycles. The molecular weight excluding hydrogens is 392 g/mol. The maximum Gasteiger partial charge on any atom is 0.216 e. The highest BCUT2D eigenvalue weighted by Gasteiger charge is 2.15. The Kier molecular flexibility index (Phi) is 4.62. The molecule has 0 saturated carbocycles. The van der Waals surface area contributed by atoms with E-state index in [0.717, 1.165) is 63.3 Å². The molecule has 0 aliphatic rings. The number of nitrogens with one attached hydrogen (secondary N) is 2. The van der Waals surface area contributed by atoms with Crippen LogP contribution >= 0.6 is 0 Å². The lowest BCUT2D eigenvalue weighted by Crippen LogP contribution is -2.21. The number of fused-ring (bicyclic) bond motifs is 4. The van der Waals surface area contributed by atoms with Gasteiger partial charge in [0.2, 0.25) is 5.91 Å². The van der Waals surface area contributed by atoms with Gasteiger partial charge in [0, 0.05) is 49.6 Å². The third-order valence-electron chi connectivity index (χ3n) is 5.64. The van der Waals surface area contributed by atoms with Crippen molar-refractivity contribution in [2.45, 2.75) is 19.8 Å². The van der Waals surface area contributed by atoms with E-state index in [1.165, 1.54) is 6.92 Å². The van der Waals surface area contributed by atoms with Gasteiger partial charge >= 0.3 is 0 Å². The number of nitrogens with zero attached hydrogens (tertiary/aromatic N) is 4. The highest BCUT2D eigenvalue weighted by atomic mass is 16.5. The van der Waals surface area contributed by atoms with Crippen LogP contribution in [0.3, 0.4) is 0 Å². The lowest BCUT2D eigenvalue weighted by atomic mass is 10.1. The van der Waals surface area contributed by atoms with Gasteiger partial charge in [-0.1, -0.05) is 0 Å². The van der Waals surface area contributed by atoms with E-state index in [1.807, 2.05) is 25.5 Å². The average molecular weight is 416 g/mol. The van der Waals surface area contributed by atoms with Crippen molar-refractivity contribution in [3.63, 3.8) is 0 Å². The summed E-state index contributed by atoms with van der Waals surface area (Å²) in [7, 11) is 3.72. The van der Waals surface area contributed by atoms with E-state index in [9.17, 15) is 4.79 Å². The molecule has 4 aromatic heterocycles. The minimum absolute atomic E-state index is 0.0124. The van der Waals surface area contributed by atoms with Gasteiger partial charge < -0.3 is 19.6 Å². The van der Waals surface area contributed by atoms with Gasteiger partial charge in [-0.2, -0.15) is 0 Å². The molecule has 0 aliphatic carbocycles. The maximum atomic E-state index is 11.1. The zero-order chi connectivity index (χ0) is 21.5. The van der Waals surface area contributed by atoms with E-state index in [4.69, 9.17) is 4.74 Å². The molecule has 0 atom stereocenters. The standard InChI is InChI=1S/C23H24N6O2/c1-14(30)24-8-4-5-22-25-11-15-12-26-23-21(29(15)22)10-19(27-23)18-13-28(2)20-7-6-16(31-3)9-17(18)20/h6-7,9-13,27H,4-5,8H2,1-3H3,(H,24,30). The smallest absolute Gasteiger partial charge is 0.216 e. The Hall–Kier alpha value is -3.81. The molecule has 1 amide bonds. The first-order valence-corrected chi connectivity index (χ1v) is 10.3. The molecule has 0 fully saturated rings. The highest BCUT2D eigenvalue weighted by Crippen LogP contribution is 2.34. The van der Waals surface area contributed by atoms with Crippen molar-refractivity contribution in [1.29, 1.82) is 0 Å². The Morgan fingerprint density at radius 2 is 2.03 bits per heavy atom. The Morgan fingerprint density at radius 1 is 1.19 bits per heavy atom. The minimum atomic E-state index is -0.0124. The number of imidazole rings is 1. The lowest BCUT2D eigenvalue weighted by molar-refractivity contribution is -0.118. The first-order chi connectivity index (χ1) is 15.0. The number of carbonyl (C=O) groups is 1. The third-order valence-corrected chi connectivity index (χ3v) is 5.64. The van der Waals surface area contributed by atoms with E-state index >= 15 is 0 Å². The molecule has 158 valence electrons. The summed E-state index contributed by atoms with van der Waals surface area (Å²) in [6.45, 7) is 2.17. The van der Waals surface area contributed by atoms with Crippen LogP contribution < -0.4 is 10.1 Å². The third kappa shape index (κ3) is 3.30. The van der Waals surface area contributed by atoms with Crippen LogP contribution in [-0.2, 0) is 18.3 Å². The number of carbonyl (C=O) groups excluding carboxylic acids is 1. The second-order valence-corrected chi connectivity index (χ2v) is 7.73. The van der Waals surface area contributed by atoms with Gasteiger partial charge in [0.05, 0.1) is 36.2 Å². The van der Waals surface area contributed by atoms with Crippen LogP contribution in [0, 0.1) is 0 Å². The summed E-state index contributed by atoms with van der Waals surface area (Å²) in [5, 5.41) is 3.96. The number of hydrogen-bond donors (Lipinski definition) is 2. The molecule has 2 N–H and O–H groups in total. The predicted octanol–water partition coefficient (Wildman–Crippen LogP) is 3.45. The minimum Gasteiger partial charge on any atom is -0.497 e. The first-order valence-electron chi connectivity index (χ1n) is 10.3. The molecule has 1 aromatic carbocycles. The zero-order valence-electron chi connectivity index (χ0n) is 17.8. The number of amides is 1. The molecule has 0 unspecified atom stereocenters. The Balaban J connectivity index is 1.59. The van der Waals surface area contributed by atoms with Crippen LogP contribution in [0.15, 0.2) is 42.9 Å². The molecule has 8 nitrogen and oxygen atoms in total. The second kappa shape index (κ2) is 7.46. The summed E-state index contributed by atoms with van der Waals surface area (Å²) in [6, 6.07) is 8.23. The van der Waals surface area contributed by atoms with E-state index in [-0.39, 0.29) is 5.91 Å². The molecule has 4 heterocycles. The number of aromatic nitrogens is 5. The topological polar surface area (TPSA) is 89.2 Å². The number of H-pyrrole nitrogens is 1.